The maximum Gasteiger partial charge on any atom is 0.261 e. The number of nitriles is 1. The zero-order chi connectivity index (χ0) is 21.4. The van der Waals surface area contributed by atoms with Crippen molar-refractivity contribution in [3.63, 3.8) is 0 Å². The van der Waals surface area contributed by atoms with Crippen molar-refractivity contribution in [3.05, 3.63) is 74.6 Å². The van der Waals surface area contributed by atoms with Crippen LogP contribution in [-0.4, -0.2) is 20.8 Å². The summed E-state index contributed by atoms with van der Waals surface area (Å²) in [6, 6.07) is 7.79. The summed E-state index contributed by atoms with van der Waals surface area (Å²) in [5, 5.41) is 20.3. The fourth-order valence-corrected chi connectivity index (χ4v) is 4.47. The van der Waals surface area contributed by atoms with Crippen molar-refractivity contribution < 1.29 is 9.50 Å². The summed E-state index contributed by atoms with van der Waals surface area (Å²) in [4.78, 5) is 17.9. The molecule has 30 heavy (non-hydrogen) atoms. The molecule has 1 aliphatic rings. The number of benzene rings is 2. The first-order valence-electron chi connectivity index (χ1n) is 10.3. The second kappa shape index (κ2) is 8.00. The van der Waals surface area contributed by atoms with Gasteiger partial charge in [0.2, 0.25) is 0 Å². The number of aliphatic hydroxyl groups is 1. The number of aryl methyl sites for hydroxylation is 1. The molecule has 1 fully saturated rings. The Kier molecular flexibility index (Phi) is 5.40. The fourth-order valence-electron chi connectivity index (χ4n) is 4.47. The third-order valence-corrected chi connectivity index (χ3v) is 6.37. The summed E-state index contributed by atoms with van der Waals surface area (Å²) in [5.74, 6) is -0.394. The average Bonchev–Trinajstić information content (AvgIpc) is 2.73. The van der Waals surface area contributed by atoms with Crippen molar-refractivity contribution in [2.45, 2.75) is 58.1 Å². The van der Waals surface area contributed by atoms with Crippen LogP contribution in [-0.2, 0) is 6.42 Å². The molecule has 0 spiro atoms. The van der Waals surface area contributed by atoms with E-state index in [0.717, 1.165) is 36.0 Å². The third kappa shape index (κ3) is 3.50. The van der Waals surface area contributed by atoms with Crippen LogP contribution < -0.4 is 5.56 Å². The number of hydrogen-bond donors (Lipinski definition) is 1. The summed E-state index contributed by atoms with van der Waals surface area (Å²) < 4.78 is 15.3. The molecule has 1 N–H and O–H groups in total. The Bertz CT molecular complexity index is 1230. The van der Waals surface area contributed by atoms with E-state index < -0.39 is 11.9 Å². The highest BCUT2D eigenvalue weighted by Gasteiger charge is 2.26. The summed E-state index contributed by atoms with van der Waals surface area (Å²) in [7, 11) is 0. The minimum Gasteiger partial charge on any atom is -0.391 e. The molecule has 6 heteroatoms. The van der Waals surface area contributed by atoms with Gasteiger partial charge in [-0.1, -0.05) is 12.8 Å². The van der Waals surface area contributed by atoms with Crippen molar-refractivity contribution >= 4 is 10.9 Å². The largest absolute Gasteiger partial charge is 0.391 e. The summed E-state index contributed by atoms with van der Waals surface area (Å²) in [6.07, 6.45) is 4.73. The zero-order valence-corrected chi connectivity index (χ0v) is 17.2. The first-order chi connectivity index (χ1) is 14.4. The van der Waals surface area contributed by atoms with Crippen LogP contribution in [0.15, 0.2) is 35.4 Å². The molecule has 0 radical (unpaired) electrons. The molecule has 5 nitrogen and oxygen atoms in total. The lowest BCUT2D eigenvalue weighted by atomic mass is 9.91. The second-order valence-corrected chi connectivity index (χ2v) is 8.15. The first kappa shape index (κ1) is 20.2. The molecule has 0 bridgehead atoms. The van der Waals surface area contributed by atoms with Gasteiger partial charge in [-0.3, -0.25) is 9.36 Å². The Morgan fingerprint density at radius 2 is 1.97 bits per heavy atom. The predicted molar refractivity (Wildman–Crippen MR) is 113 cm³/mol. The Labute approximate surface area is 174 Å². The van der Waals surface area contributed by atoms with Crippen molar-refractivity contribution in [1.29, 1.82) is 5.26 Å². The maximum absolute atomic E-state index is 13.8. The molecule has 1 heterocycles. The minimum absolute atomic E-state index is 0.171. The van der Waals surface area contributed by atoms with Gasteiger partial charge < -0.3 is 5.11 Å². The highest BCUT2D eigenvalue weighted by atomic mass is 19.1. The van der Waals surface area contributed by atoms with Gasteiger partial charge in [0.05, 0.1) is 41.0 Å². The Morgan fingerprint density at radius 1 is 1.20 bits per heavy atom. The van der Waals surface area contributed by atoms with E-state index in [-0.39, 0.29) is 11.6 Å². The quantitative estimate of drug-likeness (QED) is 0.712. The lowest BCUT2D eigenvalue weighted by Crippen LogP contribution is -2.34. The fraction of sp³-hybridized carbons (Fsp3) is 0.375. The van der Waals surface area contributed by atoms with Crippen LogP contribution >= 0.6 is 0 Å². The van der Waals surface area contributed by atoms with E-state index in [0.29, 0.717) is 34.9 Å². The molecule has 0 amide bonds. The molecule has 154 valence electrons. The van der Waals surface area contributed by atoms with Gasteiger partial charge in [0.25, 0.3) is 5.56 Å². The number of aliphatic hydroxyl groups excluding tert-OH is 1. The molecule has 0 aliphatic heterocycles. The van der Waals surface area contributed by atoms with Crippen LogP contribution in [0, 0.1) is 31.0 Å². The minimum atomic E-state index is -0.549. The van der Waals surface area contributed by atoms with Crippen molar-refractivity contribution in [1.82, 2.24) is 9.55 Å². The molecule has 0 unspecified atom stereocenters. The van der Waals surface area contributed by atoms with E-state index in [1.54, 1.807) is 10.9 Å². The molecular weight excluding hydrogens is 381 g/mol. The van der Waals surface area contributed by atoms with Crippen LogP contribution in [0.4, 0.5) is 4.39 Å². The Hall–Kier alpha value is -3.04. The molecule has 0 saturated heterocycles. The van der Waals surface area contributed by atoms with Crippen LogP contribution in [0.2, 0.25) is 0 Å². The SMILES string of the molecule is Cc1c(Cc2cc(F)ccc2C#N)cc2c(=O)n([C@H]3CCCC[C@@H]3O)cnc2c1C. The normalized spacial score (nSPS) is 19.0. The molecule has 2 atom stereocenters. The molecule has 1 aromatic heterocycles. The van der Waals surface area contributed by atoms with Crippen molar-refractivity contribution in [2.24, 2.45) is 0 Å². The van der Waals surface area contributed by atoms with Gasteiger partial charge >= 0.3 is 0 Å². The smallest absolute Gasteiger partial charge is 0.261 e. The van der Waals surface area contributed by atoms with Gasteiger partial charge in [-0.15, -0.1) is 0 Å². The van der Waals surface area contributed by atoms with Crippen molar-refractivity contribution in [2.75, 3.05) is 0 Å². The van der Waals surface area contributed by atoms with Crippen LogP contribution in [0.25, 0.3) is 10.9 Å². The van der Waals surface area contributed by atoms with Crippen LogP contribution in [0.5, 0.6) is 0 Å². The van der Waals surface area contributed by atoms with Crippen LogP contribution in [0.3, 0.4) is 0 Å². The third-order valence-electron chi connectivity index (χ3n) is 6.37. The van der Waals surface area contributed by atoms with Crippen LogP contribution in [0.1, 0.15) is 59.5 Å². The van der Waals surface area contributed by atoms with E-state index in [9.17, 15) is 19.6 Å². The molecule has 4 rings (SSSR count). The summed E-state index contributed by atoms with van der Waals surface area (Å²) in [5.41, 5.74) is 4.21. The molecule has 1 saturated carbocycles. The standard InChI is InChI=1S/C24H24FN3O2/c1-14-15(2)23-20(11-17(14)9-18-10-19(25)8-7-16(18)12-26)24(30)28(13-27-23)21-5-3-4-6-22(21)29/h7-8,10-11,13,21-22,29H,3-6,9H2,1-2H3/t21-,22-/m0/s1. The van der Waals surface area contributed by atoms with E-state index in [1.165, 1.54) is 18.2 Å². The highest BCUT2D eigenvalue weighted by Crippen LogP contribution is 2.29. The summed E-state index contributed by atoms with van der Waals surface area (Å²) in [6.45, 7) is 3.87. The van der Waals surface area contributed by atoms with E-state index in [2.05, 4.69) is 11.1 Å². The van der Waals surface area contributed by atoms with E-state index >= 15 is 0 Å². The van der Waals surface area contributed by atoms with Gasteiger partial charge in [0.1, 0.15) is 5.82 Å². The lowest BCUT2D eigenvalue weighted by Gasteiger charge is -2.29. The van der Waals surface area contributed by atoms with E-state index in [4.69, 9.17) is 0 Å². The van der Waals surface area contributed by atoms with Gasteiger partial charge in [-0.25, -0.2) is 9.37 Å². The van der Waals surface area contributed by atoms with Crippen molar-refractivity contribution in [3.8, 4) is 6.07 Å². The highest BCUT2D eigenvalue weighted by molar-refractivity contribution is 5.83. The predicted octanol–water partition coefficient (Wildman–Crippen LogP) is 4.09. The Morgan fingerprint density at radius 3 is 2.70 bits per heavy atom. The number of nitrogens with zero attached hydrogens (tertiary/aromatic N) is 3. The number of aromatic nitrogens is 2. The van der Waals surface area contributed by atoms with E-state index in [1.807, 2.05) is 19.9 Å². The zero-order valence-electron chi connectivity index (χ0n) is 17.2. The average molecular weight is 405 g/mol. The maximum atomic E-state index is 13.8. The second-order valence-electron chi connectivity index (χ2n) is 8.15. The van der Waals surface area contributed by atoms with Gasteiger partial charge in [0, 0.05) is 0 Å². The summed E-state index contributed by atoms with van der Waals surface area (Å²) >= 11 is 0. The number of halogens is 1. The topological polar surface area (TPSA) is 78.9 Å². The number of fused-ring (bicyclic) bond motifs is 1. The monoisotopic (exact) mass is 405 g/mol. The number of rotatable bonds is 3. The first-order valence-corrected chi connectivity index (χ1v) is 10.3. The molecule has 2 aromatic carbocycles. The van der Waals surface area contributed by atoms with Gasteiger partial charge in [-0.2, -0.15) is 5.26 Å². The Balaban J connectivity index is 1.85. The lowest BCUT2D eigenvalue weighted by molar-refractivity contribution is 0.0735. The molecular formula is C24H24FN3O2. The van der Waals surface area contributed by atoms with Gasteiger partial charge in [-0.05, 0) is 79.6 Å². The molecule has 1 aliphatic carbocycles. The van der Waals surface area contributed by atoms with Gasteiger partial charge in [0.15, 0.2) is 0 Å². The molecule has 3 aromatic rings. The number of hydrogen-bond acceptors (Lipinski definition) is 4.